The maximum absolute atomic E-state index is 13.4. The Bertz CT molecular complexity index is 1240. The number of likely N-dealkylation sites (tertiary alicyclic amines) is 1. The van der Waals surface area contributed by atoms with Gasteiger partial charge in [0.15, 0.2) is 0 Å². The van der Waals surface area contributed by atoms with Gasteiger partial charge in [0.1, 0.15) is 36.3 Å². The summed E-state index contributed by atoms with van der Waals surface area (Å²) in [6, 6.07) is -7.60. The van der Waals surface area contributed by atoms with Crippen LogP contribution in [0.2, 0.25) is 0 Å². The van der Waals surface area contributed by atoms with Crippen LogP contribution in [0.25, 0.3) is 0 Å². The molecular formula is C32H56N8O10. The van der Waals surface area contributed by atoms with Gasteiger partial charge in [0, 0.05) is 6.54 Å². The fourth-order valence-corrected chi connectivity index (χ4v) is 5.18. The minimum atomic E-state index is -1.50. The van der Waals surface area contributed by atoms with Gasteiger partial charge in [0.2, 0.25) is 41.4 Å². The number of nitrogens with two attached hydrogens (primary N) is 1. The number of nitrogens with zero attached hydrogens (tertiary/aromatic N) is 1. The molecule has 8 atom stereocenters. The molecule has 0 unspecified atom stereocenters. The van der Waals surface area contributed by atoms with E-state index in [-0.39, 0.29) is 24.8 Å². The first-order valence-electron chi connectivity index (χ1n) is 16.9. The Morgan fingerprint density at radius 3 is 1.78 bits per heavy atom. The monoisotopic (exact) mass is 712 g/mol. The molecule has 10 N–H and O–H groups in total. The average Bonchev–Trinajstić information content (AvgIpc) is 3.50. The van der Waals surface area contributed by atoms with Crippen molar-refractivity contribution in [2.45, 2.75) is 129 Å². The van der Waals surface area contributed by atoms with Crippen molar-refractivity contribution in [1.29, 1.82) is 0 Å². The molecular weight excluding hydrogens is 656 g/mol. The normalized spacial score (nSPS) is 18.5. The number of hydrogen-bond donors (Lipinski definition) is 9. The van der Waals surface area contributed by atoms with Crippen LogP contribution in [-0.4, -0.2) is 124 Å². The third-order valence-electron chi connectivity index (χ3n) is 7.90. The lowest BCUT2D eigenvalue weighted by Crippen LogP contribution is -2.58. The highest BCUT2D eigenvalue weighted by Gasteiger charge is 2.39. The zero-order valence-corrected chi connectivity index (χ0v) is 30.2. The van der Waals surface area contributed by atoms with Gasteiger partial charge in [-0.3, -0.25) is 33.6 Å². The fraction of sp³-hybridized carbons (Fsp3) is 0.750. The van der Waals surface area contributed by atoms with Crippen molar-refractivity contribution in [3.63, 3.8) is 0 Å². The maximum atomic E-state index is 13.4. The number of amides is 7. The number of carboxylic acid groups (broad SMARTS) is 1. The Morgan fingerprint density at radius 2 is 1.26 bits per heavy atom. The number of nitrogens with one attached hydrogen (secondary N) is 6. The van der Waals surface area contributed by atoms with Gasteiger partial charge in [-0.05, 0) is 65.2 Å². The smallest absolute Gasteiger partial charge is 0.326 e. The van der Waals surface area contributed by atoms with Crippen LogP contribution < -0.4 is 37.6 Å². The van der Waals surface area contributed by atoms with Crippen LogP contribution in [-0.2, 0) is 38.4 Å². The lowest BCUT2D eigenvalue weighted by atomic mass is 10.0. The van der Waals surface area contributed by atoms with Crippen molar-refractivity contribution >= 4 is 47.3 Å². The highest BCUT2D eigenvalue weighted by molar-refractivity contribution is 5.97. The molecule has 0 aromatic rings. The quantitative estimate of drug-likeness (QED) is 0.0673. The van der Waals surface area contributed by atoms with Gasteiger partial charge in [-0.1, -0.05) is 27.7 Å². The van der Waals surface area contributed by atoms with Gasteiger partial charge >= 0.3 is 5.97 Å². The van der Waals surface area contributed by atoms with E-state index in [1.165, 1.54) is 32.6 Å². The van der Waals surface area contributed by atoms with Crippen LogP contribution in [0, 0.1) is 11.8 Å². The van der Waals surface area contributed by atoms with Crippen LogP contribution in [0.4, 0.5) is 0 Å². The Kier molecular flexibility index (Phi) is 17.8. The molecule has 18 nitrogen and oxygen atoms in total. The highest BCUT2D eigenvalue weighted by Crippen LogP contribution is 2.21. The van der Waals surface area contributed by atoms with E-state index in [2.05, 4.69) is 31.9 Å². The van der Waals surface area contributed by atoms with E-state index in [0.29, 0.717) is 19.3 Å². The number of hydrogen-bond acceptors (Lipinski definition) is 10. The molecule has 0 spiro atoms. The number of carboxylic acids is 1. The molecule has 0 bridgehead atoms. The molecule has 1 saturated heterocycles. The topological polar surface area (TPSA) is 278 Å². The number of carbonyl (C=O) groups excluding carboxylic acids is 7. The molecule has 1 fully saturated rings. The van der Waals surface area contributed by atoms with Crippen LogP contribution in [0.3, 0.4) is 0 Å². The predicted octanol–water partition coefficient (Wildman–Crippen LogP) is -2.54. The van der Waals surface area contributed by atoms with Crippen molar-refractivity contribution in [1.82, 2.24) is 36.8 Å². The van der Waals surface area contributed by atoms with E-state index in [1.54, 1.807) is 13.8 Å². The summed E-state index contributed by atoms with van der Waals surface area (Å²) in [5, 5.41) is 33.9. The first-order valence-corrected chi connectivity index (χ1v) is 16.9. The van der Waals surface area contributed by atoms with Gasteiger partial charge < -0.3 is 52.7 Å². The summed E-state index contributed by atoms with van der Waals surface area (Å²) in [4.78, 5) is 102. The number of aliphatic carboxylic acids is 1. The molecule has 1 aliphatic rings. The second-order valence-corrected chi connectivity index (χ2v) is 13.7. The second kappa shape index (κ2) is 20.4. The maximum Gasteiger partial charge on any atom is 0.326 e. The fourth-order valence-electron chi connectivity index (χ4n) is 5.18. The van der Waals surface area contributed by atoms with Crippen molar-refractivity contribution in [3.8, 4) is 0 Å². The van der Waals surface area contributed by atoms with E-state index >= 15 is 0 Å². The van der Waals surface area contributed by atoms with Crippen LogP contribution in [0.1, 0.15) is 81.1 Å². The molecule has 18 heteroatoms. The average molecular weight is 713 g/mol. The first-order chi connectivity index (χ1) is 23.2. The second-order valence-electron chi connectivity index (χ2n) is 13.7. The third kappa shape index (κ3) is 14.3. The van der Waals surface area contributed by atoms with Crippen molar-refractivity contribution in [2.24, 2.45) is 17.6 Å². The van der Waals surface area contributed by atoms with Gasteiger partial charge in [0.05, 0.1) is 18.7 Å². The molecule has 284 valence electrons. The minimum absolute atomic E-state index is 0.0589. The summed E-state index contributed by atoms with van der Waals surface area (Å²) < 4.78 is 0. The van der Waals surface area contributed by atoms with E-state index in [9.17, 15) is 48.6 Å². The van der Waals surface area contributed by atoms with Crippen molar-refractivity contribution < 1.29 is 48.6 Å². The molecule has 1 rings (SSSR count). The van der Waals surface area contributed by atoms with Crippen LogP contribution in [0.15, 0.2) is 0 Å². The summed E-state index contributed by atoms with van der Waals surface area (Å²) >= 11 is 0. The Labute approximate surface area is 292 Å². The van der Waals surface area contributed by atoms with Gasteiger partial charge in [0.25, 0.3) is 0 Å². The summed E-state index contributed by atoms with van der Waals surface area (Å²) in [5.41, 5.74) is 5.66. The number of aliphatic hydroxyl groups excluding tert-OH is 1. The predicted molar refractivity (Wildman–Crippen MR) is 181 cm³/mol. The van der Waals surface area contributed by atoms with E-state index in [0.717, 1.165) is 0 Å². The Balaban J connectivity index is 2.73. The van der Waals surface area contributed by atoms with Crippen LogP contribution in [0.5, 0.6) is 0 Å². The lowest BCUT2D eigenvalue weighted by Gasteiger charge is -2.30. The molecule has 1 aliphatic heterocycles. The zero-order chi connectivity index (χ0) is 38.5. The van der Waals surface area contributed by atoms with Gasteiger partial charge in [-0.25, -0.2) is 4.79 Å². The standard InChI is InChI=1S/C32H56N8O10/c1-15(2)12-21(37-26(43)17(5)33)31(48)40-11-9-10-23(40)29(46)36-19(7)28(45)35-18(6)27(44)34-14-24(42)39-25(20(8)41)30(47)38-22(32(49)50)13-16(3)4/h15-23,25,41H,9-14,33H2,1-8H3,(H,34,44)(H,35,45)(H,36,46)(H,37,43)(H,38,47)(H,39,42)(H,49,50)/t17-,18-,19-,20+,21-,22-,23-,25-/m0/s1. The first kappa shape index (κ1) is 43.7. The summed E-state index contributed by atoms with van der Waals surface area (Å²) in [7, 11) is 0. The molecule has 1 heterocycles. The molecule has 0 aliphatic carbocycles. The number of carbonyl (C=O) groups is 8. The van der Waals surface area contributed by atoms with Gasteiger partial charge in [-0.15, -0.1) is 0 Å². The summed E-state index contributed by atoms with van der Waals surface area (Å²) in [6.45, 7) is 12.4. The SMILES string of the molecule is CC(C)C[C@H](NC(=O)[C@@H](NC(=O)CNC(=O)[C@H](C)NC(=O)[C@H](C)NC(=O)[C@@H]1CCCN1C(=O)[C@H](CC(C)C)NC(=O)[C@H](C)N)[C@@H](C)O)C(=O)O. The largest absolute Gasteiger partial charge is 0.480 e. The molecule has 0 saturated carbocycles. The van der Waals surface area contributed by atoms with Gasteiger partial charge in [-0.2, -0.15) is 0 Å². The van der Waals surface area contributed by atoms with Crippen molar-refractivity contribution in [2.75, 3.05) is 13.1 Å². The summed E-state index contributed by atoms with van der Waals surface area (Å²) in [6.07, 6.45) is -0.0522. The zero-order valence-electron chi connectivity index (χ0n) is 30.2. The Morgan fingerprint density at radius 1 is 0.720 bits per heavy atom. The number of rotatable bonds is 19. The van der Waals surface area contributed by atoms with E-state index in [1.807, 2.05) is 13.8 Å². The van der Waals surface area contributed by atoms with Crippen molar-refractivity contribution in [3.05, 3.63) is 0 Å². The lowest BCUT2D eigenvalue weighted by molar-refractivity contribution is -0.143. The molecule has 0 aromatic heterocycles. The Hall–Kier alpha value is -4.32. The molecule has 0 radical (unpaired) electrons. The molecule has 50 heavy (non-hydrogen) atoms. The molecule has 0 aromatic carbocycles. The third-order valence-corrected chi connectivity index (χ3v) is 7.90. The van der Waals surface area contributed by atoms with Crippen LogP contribution >= 0.6 is 0 Å². The summed E-state index contributed by atoms with van der Waals surface area (Å²) in [5.74, 6) is -6.04. The molecule has 7 amide bonds. The number of aliphatic hydroxyl groups is 1. The highest BCUT2D eigenvalue weighted by atomic mass is 16.4. The van der Waals surface area contributed by atoms with E-state index < -0.39 is 102 Å². The van der Waals surface area contributed by atoms with E-state index in [4.69, 9.17) is 5.73 Å². The minimum Gasteiger partial charge on any atom is -0.480 e.